The predicted molar refractivity (Wildman–Crippen MR) is 403 cm³/mol. The highest BCUT2D eigenvalue weighted by Gasteiger charge is 2.32. The summed E-state index contributed by atoms with van der Waals surface area (Å²) in [4.78, 5) is 0. The van der Waals surface area contributed by atoms with Crippen LogP contribution in [-0.2, 0) is 0 Å². The summed E-state index contributed by atoms with van der Waals surface area (Å²) >= 11 is 0. The average Bonchev–Trinajstić information content (AvgIpc) is 3.31. The summed E-state index contributed by atoms with van der Waals surface area (Å²) in [5, 5.41) is 17.5. The van der Waals surface area contributed by atoms with Gasteiger partial charge in [-0.1, -0.05) is 115 Å². The van der Waals surface area contributed by atoms with Gasteiger partial charge in [-0.2, -0.15) is 0 Å². The van der Waals surface area contributed by atoms with Gasteiger partial charge in [0, 0.05) is 0 Å². The van der Waals surface area contributed by atoms with Gasteiger partial charge in [0.1, 0.15) is 204 Å². The molecule has 0 saturated carbocycles. The quantitative estimate of drug-likeness (QED) is 0.123. The van der Waals surface area contributed by atoms with Crippen LogP contribution >= 0.6 is 0 Å². The molecular weight excluding hydrogens is 810 g/mol. The van der Waals surface area contributed by atoms with Crippen molar-refractivity contribution in [1.29, 1.82) is 0 Å². The van der Waals surface area contributed by atoms with Gasteiger partial charge in [0.2, 0.25) is 0 Å². The minimum atomic E-state index is 1.39. The Balaban J connectivity index is 1.54. The number of rotatable bonds is 3. The van der Waals surface area contributed by atoms with Gasteiger partial charge in [0.15, 0.2) is 0 Å². The lowest BCUT2D eigenvalue weighted by atomic mass is 9.54. The molecule has 0 atom stereocenters. The zero-order valence-corrected chi connectivity index (χ0v) is 48.0. The fourth-order valence-corrected chi connectivity index (χ4v) is 15.2. The van der Waals surface area contributed by atoms with E-state index in [2.05, 4.69) is 204 Å². The van der Waals surface area contributed by atoms with Crippen LogP contribution in [0.1, 0.15) is 0 Å². The molecule has 0 N–H and O–H groups in total. The summed E-state index contributed by atoms with van der Waals surface area (Å²) in [7, 11) is 62.6. The highest BCUT2D eigenvalue weighted by atomic mass is 14.3. The second kappa shape index (κ2) is 16.2. The Bertz CT molecular complexity index is 3870. The Morgan fingerprint density at radius 2 is 0.214 bits per heavy atom. The Morgan fingerprint density at radius 3 is 0.471 bits per heavy atom. The van der Waals surface area contributed by atoms with E-state index in [-0.39, 0.29) is 0 Å². The zero-order valence-electron chi connectivity index (χ0n) is 48.0. The molecule has 0 fully saturated rings. The molecule has 0 aliphatic heterocycles. The molecule has 70 heavy (non-hydrogen) atoms. The standard InChI is InChI=1S/C44H52B26/c45-19-15(7-5-1-3-11(28(54)22(5)48)34(60)40(66)36(62)13(3)32(58)30(56)9(1)26(52)24(7)50)20(46)17(18-38(64)42(68)44(70)43(69)39(18)65)21(47)16(19)8-6-2-4-12(29(55)23(6)49)35(61)41(67)37(63)14(4)33(59)31(57)10(2)27(53)25(8)51/h45-70H2. The lowest BCUT2D eigenvalue weighted by Gasteiger charge is -2.34. The first-order valence-electron chi connectivity index (χ1n) is 26.2. The third-order valence-electron chi connectivity index (χ3n) is 20.6. The summed E-state index contributed by atoms with van der Waals surface area (Å²) in [5.41, 5.74) is 45.3. The SMILES string of the molecule is Bc1c(B)c(B)c(-c2c(B)c(-c3c(B)c(B)c4c(B)c(B)c5c(B)c(B)c(B)c6c(B)c(B)c3c4c56)c(B)c(-c3c(B)c(B)c4c(B)c(B)c5c(B)c(B)c(B)c6c(B)c(B)c3c4c56)c2B)c(B)c1B. The zero-order chi connectivity index (χ0) is 51.4. The molecule has 0 aliphatic rings. The van der Waals surface area contributed by atoms with Crippen LogP contribution in [0.15, 0.2) is 0 Å². The topological polar surface area (TPSA) is 0 Å². The van der Waals surface area contributed by atoms with E-state index in [0.717, 1.165) is 0 Å². The molecule has 0 unspecified atom stereocenters. The largest absolute Gasteiger partial charge is 0.140 e. The monoisotopic (exact) mass is 867 g/mol. The molecule has 306 valence electrons. The highest BCUT2D eigenvalue weighted by Crippen LogP contribution is 2.37. The minimum Gasteiger partial charge on any atom is -0.102 e. The van der Waals surface area contributed by atoms with Crippen LogP contribution in [0.4, 0.5) is 0 Å². The maximum atomic E-state index is 2.50. The van der Waals surface area contributed by atoms with Crippen LogP contribution in [0, 0.1) is 0 Å². The number of hydrogen-bond donors (Lipinski definition) is 0. The molecule has 0 aromatic heterocycles. The predicted octanol–water partition coefficient (Wildman–Crippen LogP) is -32.8. The molecule has 0 bridgehead atoms. The van der Waals surface area contributed by atoms with E-state index in [0.29, 0.717) is 0 Å². The van der Waals surface area contributed by atoms with Crippen molar-refractivity contribution >= 4 is 411 Å². The molecule has 26 heteroatoms. The van der Waals surface area contributed by atoms with Crippen molar-refractivity contribution in [2.75, 3.05) is 0 Å². The van der Waals surface area contributed by atoms with Crippen molar-refractivity contribution in [3.8, 4) is 33.4 Å². The van der Waals surface area contributed by atoms with E-state index in [1.54, 1.807) is 0 Å². The Morgan fingerprint density at radius 1 is 0.0857 bits per heavy atom. The van der Waals surface area contributed by atoms with Crippen LogP contribution in [0.25, 0.3) is 98.0 Å². The fourth-order valence-electron chi connectivity index (χ4n) is 15.2. The van der Waals surface area contributed by atoms with E-state index >= 15 is 0 Å². The van der Waals surface area contributed by atoms with Crippen LogP contribution in [0.2, 0.25) is 0 Å². The molecule has 0 heterocycles. The van der Waals surface area contributed by atoms with Gasteiger partial charge in [-0.3, -0.25) is 0 Å². The Labute approximate surface area is 441 Å². The molecule has 0 nitrogen and oxygen atoms in total. The van der Waals surface area contributed by atoms with Gasteiger partial charge in [0.25, 0.3) is 0 Å². The third-order valence-corrected chi connectivity index (χ3v) is 20.6. The smallest absolute Gasteiger partial charge is 0.102 e. The summed E-state index contributed by atoms with van der Waals surface area (Å²) in [6, 6.07) is 0. The highest BCUT2D eigenvalue weighted by molar-refractivity contribution is 6.79. The van der Waals surface area contributed by atoms with E-state index in [1.807, 2.05) is 0 Å². The fraction of sp³-hybridized carbons (Fsp3) is 0. The maximum Gasteiger partial charge on any atom is 0.140 e. The molecule has 0 aliphatic carbocycles. The molecule has 0 spiro atoms. The van der Waals surface area contributed by atoms with E-state index < -0.39 is 0 Å². The van der Waals surface area contributed by atoms with Crippen LogP contribution < -0.4 is 142 Å². The second-order valence-corrected chi connectivity index (χ2v) is 23.0. The van der Waals surface area contributed by atoms with Crippen LogP contribution in [0.3, 0.4) is 0 Å². The van der Waals surface area contributed by atoms with Gasteiger partial charge < -0.3 is 0 Å². The molecule has 0 amide bonds. The average molecular weight is 862 g/mol. The summed E-state index contributed by atoms with van der Waals surface area (Å²) < 4.78 is 0. The lowest BCUT2D eigenvalue weighted by molar-refractivity contribution is 1.79. The van der Waals surface area contributed by atoms with Crippen molar-refractivity contribution in [3.05, 3.63) is 0 Å². The number of hydrogen-bond acceptors (Lipinski definition) is 0. The molecule has 0 radical (unpaired) electrons. The molecule has 10 aromatic rings. The number of benzene rings is 10. The first-order valence-corrected chi connectivity index (χ1v) is 26.2. The van der Waals surface area contributed by atoms with Crippen molar-refractivity contribution in [1.82, 2.24) is 0 Å². The van der Waals surface area contributed by atoms with Crippen molar-refractivity contribution in [3.63, 3.8) is 0 Å². The van der Waals surface area contributed by atoms with Gasteiger partial charge in [-0.05, 0) is 98.0 Å². The van der Waals surface area contributed by atoms with Crippen molar-refractivity contribution in [2.45, 2.75) is 0 Å². The third kappa shape index (κ3) is 5.86. The van der Waals surface area contributed by atoms with Crippen molar-refractivity contribution < 1.29 is 0 Å². The molecule has 0 saturated heterocycles. The lowest BCUT2D eigenvalue weighted by Crippen LogP contribution is -2.56. The Kier molecular flexibility index (Phi) is 11.5. The maximum absolute atomic E-state index is 2.50. The van der Waals surface area contributed by atoms with E-state index in [4.69, 9.17) is 0 Å². The van der Waals surface area contributed by atoms with Gasteiger partial charge in [0.05, 0.1) is 0 Å². The van der Waals surface area contributed by atoms with Crippen molar-refractivity contribution in [2.24, 2.45) is 0 Å². The van der Waals surface area contributed by atoms with E-state index in [9.17, 15) is 0 Å². The van der Waals surface area contributed by atoms with Gasteiger partial charge in [-0.15, -0.1) is 27.3 Å². The molecule has 10 rings (SSSR count). The molecule has 10 aromatic carbocycles. The van der Waals surface area contributed by atoms with Gasteiger partial charge >= 0.3 is 0 Å². The second-order valence-electron chi connectivity index (χ2n) is 23.0. The first kappa shape index (κ1) is 49.5. The first-order chi connectivity index (χ1) is 32.7. The summed E-state index contributed by atoms with van der Waals surface area (Å²) in [6.45, 7) is 0. The van der Waals surface area contributed by atoms with Crippen LogP contribution in [0.5, 0.6) is 0 Å². The normalized spacial score (nSPS) is 12.1. The van der Waals surface area contributed by atoms with Gasteiger partial charge in [-0.25, -0.2) is 0 Å². The summed E-state index contributed by atoms with van der Waals surface area (Å²) in [5.74, 6) is 0. The van der Waals surface area contributed by atoms with E-state index in [1.165, 1.54) is 240 Å². The Hall–Kier alpha value is -4.03. The van der Waals surface area contributed by atoms with Crippen LogP contribution in [-0.4, -0.2) is 204 Å². The molecular formula is C44H52B26. The summed E-state index contributed by atoms with van der Waals surface area (Å²) in [6.07, 6.45) is 0. The minimum absolute atomic E-state index is 1.39.